The summed E-state index contributed by atoms with van der Waals surface area (Å²) in [5, 5.41) is 13.6. The molecule has 1 saturated heterocycles. The number of hydrogen-bond donors (Lipinski definition) is 4. The molecular formula is C25H24F4N4O2. The van der Waals surface area contributed by atoms with Gasteiger partial charge in [-0.2, -0.15) is 13.2 Å². The zero-order valence-electron chi connectivity index (χ0n) is 18.7. The number of carbonyl (C=O) groups is 1. The number of amides is 1. The largest absolute Gasteiger partial charge is 0.416 e. The number of fused-ring (bicyclic) bond motifs is 3. The molecule has 0 radical (unpaired) electrons. The molecule has 1 amide bonds. The van der Waals surface area contributed by atoms with Gasteiger partial charge in [-0.05, 0) is 49.8 Å². The number of aliphatic hydroxyl groups excluding tert-OH is 1. The van der Waals surface area contributed by atoms with Crippen molar-refractivity contribution in [3.05, 3.63) is 41.2 Å². The number of alkyl halides is 3. The smallest absolute Gasteiger partial charge is 0.374 e. The van der Waals surface area contributed by atoms with Crippen LogP contribution in [-0.2, 0) is 11.0 Å². The number of carbonyl (C=O) groups excluding carboxylic acids is 1. The number of rotatable bonds is 3. The number of nitrogens with one attached hydrogen (secondary N) is 2. The number of hydrogen-bond acceptors (Lipinski definition) is 4. The highest BCUT2D eigenvalue weighted by molar-refractivity contribution is 6.15. The summed E-state index contributed by atoms with van der Waals surface area (Å²) in [5.74, 6) is 4.80. The van der Waals surface area contributed by atoms with Crippen LogP contribution in [0.2, 0.25) is 0 Å². The van der Waals surface area contributed by atoms with E-state index in [9.17, 15) is 23.1 Å². The van der Waals surface area contributed by atoms with Gasteiger partial charge in [0.25, 0.3) is 5.91 Å². The minimum absolute atomic E-state index is 0.0446. The first-order valence-corrected chi connectivity index (χ1v) is 11.5. The molecule has 0 bridgehead atoms. The number of nitrogens with two attached hydrogens (primary N) is 1. The normalized spacial score (nSPS) is 19.5. The maximum Gasteiger partial charge on any atom is 0.416 e. The number of aliphatic hydroxyl groups is 1. The van der Waals surface area contributed by atoms with Gasteiger partial charge >= 0.3 is 6.18 Å². The van der Waals surface area contributed by atoms with Crippen LogP contribution in [0, 0.1) is 23.6 Å². The predicted molar refractivity (Wildman–Crippen MR) is 124 cm³/mol. The Morgan fingerprint density at radius 1 is 1.26 bits per heavy atom. The predicted octanol–water partition coefficient (Wildman–Crippen LogP) is 3.93. The molecule has 2 aromatic carbocycles. The number of anilines is 1. The third-order valence-corrected chi connectivity index (χ3v) is 6.52. The summed E-state index contributed by atoms with van der Waals surface area (Å²) in [6.07, 6.45) is -2.69. The van der Waals surface area contributed by atoms with E-state index in [0.29, 0.717) is 42.6 Å². The number of H-pyrrole nitrogens is 1. The molecule has 1 unspecified atom stereocenters. The van der Waals surface area contributed by atoms with Gasteiger partial charge in [0.15, 0.2) is 0 Å². The van der Waals surface area contributed by atoms with Crippen molar-refractivity contribution >= 4 is 33.4 Å². The lowest BCUT2D eigenvalue weighted by Gasteiger charge is -2.35. The molecule has 35 heavy (non-hydrogen) atoms. The van der Waals surface area contributed by atoms with Crippen molar-refractivity contribution in [2.45, 2.75) is 44.1 Å². The Morgan fingerprint density at radius 2 is 2.03 bits per heavy atom. The van der Waals surface area contributed by atoms with E-state index in [1.54, 1.807) is 4.90 Å². The number of benzene rings is 2. The standard InChI is InChI=1S/C25H24F4N4O2/c26-18-11-17(24(30)35)22-21(16-7-6-14(25(27,28)29)10-19(16)32-22)23(18)33-9-1-2-15(12-33)31-20(34)8-5-13-3-4-13/h6-7,10-11,13,15,24,32,35H,1-4,9,12,30H2,(H,31,34)/t15-,24?/m0/s1. The van der Waals surface area contributed by atoms with Crippen molar-refractivity contribution < 1.29 is 27.5 Å². The molecular weight excluding hydrogens is 464 g/mol. The van der Waals surface area contributed by atoms with Crippen LogP contribution in [0.15, 0.2) is 24.3 Å². The van der Waals surface area contributed by atoms with Crippen LogP contribution in [0.1, 0.15) is 43.0 Å². The first-order chi connectivity index (χ1) is 16.6. The topological polar surface area (TPSA) is 94.4 Å². The Balaban J connectivity index is 1.56. The minimum Gasteiger partial charge on any atom is -0.374 e. The molecule has 2 atom stereocenters. The molecule has 6 nitrogen and oxygen atoms in total. The van der Waals surface area contributed by atoms with E-state index in [1.165, 1.54) is 6.07 Å². The molecule has 1 aliphatic carbocycles. The molecule has 5 N–H and O–H groups in total. The van der Waals surface area contributed by atoms with Gasteiger partial charge in [-0.15, -0.1) is 0 Å². The van der Waals surface area contributed by atoms with E-state index in [1.807, 2.05) is 0 Å². The number of halogens is 4. The zero-order valence-corrected chi connectivity index (χ0v) is 18.7. The molecule has 0 spiro atoms. The lowest BCUT2D eigenvalue weighted by Crippen LogP contribution is -2.47. The van der Waals surface area contributed by atoms with Gasteiger partial charge in [-0.1, -0.05) is 12.0 Å². The first-order valence-electron chi connectivity index (χ1n) is 11.5. The molecule has 2 fully saturated rings. The molecule has 3 aromatic rings. The molecule has 184 valence electrons. The highest BCUT2D eigenvalue weighted by atomic mass is 19.4. The number of aromatic amines is 1. The Hall–Kier alpha value is -3.29. The number of aromatic nitrogens is 1. The van der Waals surface area contributed by atoms with Crippen molar-refractivity contribution in [2.75, 3.05) is 18.0 Å². The molecule has 1 saturated carbocycles. The Bertz CT molecular complexity index is 1370. The molecule has 10 heteroatoms. The fraction of sp³-hybridized carbons (Fsp3) is 0.400. The summed E-state index contributed by atoms with van der Waals surface area (Å²) in [6, 6.07) is 4.04. The molecule has 1 aromatic heterocycles. The first kappa shape index (κ1) is 23.5. The number of nitrogens with zero attached hydrogens (tertiary/aromatic N) is 1. The van der Waals surface area contributed by atoms with E-state index in [-0.39, 0.29) is 34.2 Å². The van der Waals surface area contributed by atoms with E-state index in [4.69, 9.17) is 5.73 Å². The fourth-order valence-electron chi connectivity index (χ4n) is 4.69. The van der Waals surface area contributed by atoms with E-state index >= 15 is 4.39 Å². The molecule has 2 aliphatic rings. The van der Waals surface area contributed by atoms with Crippen LogP contribution in [0.3, 0.4) is 0 Å². The van der Waals surface area contributed by atoms with Gasteiger partial charge in [0.2, 0.25) is 0 Å². The molecule has 1 aliphatic heterocycles. The van der Waals surface area contributed by atoms with Crippen LogP contribution in [0.5, 0.6) is 0 Å². The third-order valence-electron chi connectivity index (χ3n) is 6.52. The van der Waals surface area contributed by atoms with Crippen LogP contribution in [0.25, 0.3) is 21.8 Å². The summed E-state index contributed by atoms with van der Waals surface area (Å²) in [4.78, 5) is 16.9. The average molecular weight is 488 g/mol. The molecule has 2 heterocycles. The average Bonchev–Trinajstić information content (AvgIpc) is 3.55. The monoisotopic (exact) mass is 488 g/mol. The van der Waals surface area contributed by atoms with Crippen LogP contribution < -0.4 is 16.0 Å². The summed E-state index contributed by atoms with van der Waals surface area (Å²) >= 11 is 0. The van der Waals surface area contributed by atoms with Crippen molar-refractivity contribution in [3.8, 4) is 11.8 Å². The summed E-state index contributed by atoms with van der Waals surface area (Å²) in [5.41, 5.74) is 5.46. The van der Waals surface area contributed by atoms with E-state index < -0.39 is 23.8 Å². The lowest BCUT2D eigenvalue weighted by atomic mass is 10.00. The van der Waals surface area contributed by atoms with Gasteiger partial charge in [0.05, 0.1) is 16.8 Å². The maximum atomic E-state index is 15.5. The second kappa shape index (κ2) is 8.73. The van der Waals surface area contributed by atoms with Gasteiger partial charge in [-0.3, -0.25) is 4.79 Å². The minimum atomic E-state index is -4.55. The van der Waals surface area contributed by atoms with Crippen LogP contribution in [0.4, 0.5) is 23.2 Å². The van der Waals surface area contributed by atoms with Crippen molar-refractivity contribution in [2.24, 2.45) is 11.7 Å². The van der Waals surface area contributed by atoms with Crippen molar-refractivity contribution in [3.63, 3.8) is 0 Å². The van der Waals surface area contributed by atoms with Gasteiger partial charge in [0.1, 0.15) is 12.0 Å². The Morgan fingerprint density at radius 3 is 2.71 bits per heavy atom. The zero-order chi connectivity index (χ0) is 24.9. The maximum absolute atomic E-state index is 15.5. The van der Waals surface area contributed by atoms with Crippen LogP contribution >= 0.6 is 0 Å². The lowest BCUT2D eigenvalue weighted by molar-refractivity contribution is -0.137. The number of piperidine rings is 1. The van der Waals surface area contributed by atoms with E-state index in [2.05, 4.69) is 22.1 Å². The summed E-state index contributed by atoms with van der Waals surface area (Å²) in [7, 11) is 0. The van der Waals surface area contributed by atoms with Crippen molar-refractivity contribution in [1.29, 1.82) is 0 Å². The SMILES string of the molecule is NC(O)c1cc(F)c(N2CCC[C@H](NC(=O)C#CC3CC3)C2)c2c1[nH]c1cc(C(F)(F)F)ccc12. The molecule has 5 rings (SSSR count). The quantitative estimate of drug-likeness (QED) is 0.255. The third kappa shape index (κ3) is 4.66. The van der Waals surface area contributed by atoms with Crippen molar-refractivity contribution in [1.82, 2.24) is 10.3 Å². The fourth-order valence-corrected chi connectivity index (χ4v) is 4.69. The second-order valence-electron chi connectivity index (χ2n) is 9.18. The van der Waals surface area contributed by atoms with Gasteiger partial charge in [-0.25, -0.2) is 4.39 Å². The highest BCUT2D eigenvalue weighted by Gasteiger charge is 2.32. The van der Waals surface area contributed by atoms with Gasteiger partial charge < -0.3 is 26.0 Å². The summed E-state index contributed by atoms with van der Waals surface area (Å²) < 4.78 is 55.3. The highest BCUT2D eigenvalue weighted by Crippen LogP contribution is 2.41. The summed E-state index contributed by atoms with van der Waals surface area (Å²) in [6.45, 7) is 0.796. The van der Waals surface area contributed by atoms with E-state index in [0.717, 1.165) is 31.0 Å². The Kier molecular flexibility index (Phi) is 5.85. The van der Waals surface area contributed by atoms with Gasteiger partial charge in [0, 0.05) is 46.9 Å². The Labute approximate surface area is 198 Å². The second-order valence-corrected chi connectivity index (χ2v) is 9.18. The van der Waals surface area contributed by atoms with Crippen LogP contribution in [-0.4, -0.2) is 35.1 Å².